The van der Waals surface area contributed by atoms with Crippen LogP contribution in [0.25, 0.3) is 0 Å². The first-order chi connectivity index (χ1) is 8.13. The van der Waals surface area contributed by atoms with Crippen molar-refractivity contribution in [1.29, 1.82) is 0 Å². The molecule has 4 nitrogen and oxygen atoms in total. The quantitative estimate of drug-likeness (QED) is 0.649. The first-order valence-corrected chi connectivity index (χ1v) is 5.84. The zero-order valence-electron chi connectivity index (χ0n) is 9.94. The second-order valence-corrected chi connectivity index (χ2v) is 3.81. The summed E-state index contributed by atoms with van der Waals surface area (Å²) in [5, 5.41) is 9.42. The summed E-state index contributed by atoms with van der Waals surface area (Å²) in [5.74, 6) is -0.150. The van der Waals surface area contributed by atoms with E-state index in [1.54, 1.807) is 18.2 Å². The van der Waals surface area contributed by atoms with E-state index >= 15 is 0 Å². The fourth-order valence-corrected chi connectivity index (χ4v) is 1.74. The first-order valence-electron chi connectivity index (χ1n) is 5.31. The second-order valence-electron chi connectivity index (χ2n) is 3.54. The largest absolute Gasteiger partial charge is 0.508 e. The van der Waals surface area contributed by atoms with Gasteiger partial charge in [0.15, 0.2) is 0 Å². The molecule has 1 aromatic rings. The molecular formula is C12H16ClNO3. The molecule has 0 fully saturated rings. The number of carbonyl (C=O) groups excluding carboxylic acids is 1. The van der Waals surface area contributed by atoms with Crippen LogP contribution in [0.1, 0.15) is 12.5 Å². The van der Waals surface area contributed by atoms with Gasteiger partial charge < -0.3 is 9.84 Å². The Bertz CT molecular complexity index is 395. The highest BCUT2D eigenvalue weighted by molar-refractivity contribution is 6.29. The summed E-state index contributed by atoms with van der Waals surface area (Å²) in [4.78, 5) is 13.2. The number of amides is 1. The third-order valence-corrected chi connectivity index (χ3v) is 2.64. The average molecular weight is 258 g/mol. The lowest BCUT2D eigenvalue weighted by Crippen LogP contribution is -2.34. The van der Waals surface area contributed by atoms with Gasteiger partial charge in [0, 0.05) is 12.8 Å². The molecule has 5 heteroatoms. The van der Waals surface area contributed by atoms with E-state index in [4.69, 9.17) is 16.3 Å². The molecule has 0 bridgehead atoms. The normalized spacial score (nSPS) is 10.3. The van der Waals surface area contributed by atoms with E-state index in [1.807, 2.05) is 6.92 Å². The Morgan fingerprint density at radius 2 is 2.24 bits per heavy atom. The highest BCUT2D eigenvalue weighted by atomic mass is 35.5. The lowest BCUT2D eigenvalue weighted by molar-refractivity contribution is -0.117. The van der Waals surface area contributed by atoms with Crippen LogP contribution in [0.15, 0.2) is 18.2 Å². The second kappa shape index (κ2) is 6.47. The number of ether oxygens (including phenoxy) is 1. The highest BCUT2D eigenvalue weighted by Gasteiger charge is 2.17. The Kier molecular flexibility index (Phi) is 5.25. The first kappa shape index (κ1) is 13.8. The number of anilines is 1. The minimum atomic E-state index is -0.228. The number of aryl methyl sites for hydroxylation is 1. The lowest BCUT2D eigenvalue weighted by Gasteiger charge is -2.23. The van der Waals surface area contributed by atoms with E-state index in [-0.39, 0.29) is 24.3 Å². The van der Waals surface area contributed by atoms with Gasteiger partial charge in [0.05, 0.1) is 0 Å². The molecule has 17 heavy (non-hydrogen) atoms. The number of hydrogen-bond donors (Lipinski definition) is 1. The Morgan fingerprint density at radius 3 is 2.76 bits per heavy atom. The number of benzene rings is 1. The van der Waals surface area contributed by atoms with E-state index < -0.39 is 0 Å². The van der Waals surface area contributed by atoms with Crippen LogP contribution in [0, 0.1) is 0 Å². The van der Waals surface area contributed by atoms with Gasteiger partial charge in [-0.15, -0.1) is 11.6 Å². The molecule has 1 N–H and O–H groups in total. The van der Waals surface area contributed by atoms with Gasteiger partial charge in [-0.05, 0) is 30.2 Å². The summed E-state index contributed by atoms with van der Waals surface area (Å²) in [7, 11) is 1.51. The average Bonchev–Trinajstić information content (AvgIpc) is 2.35. The van der Waals surface area contributed by atoms with Crippen LogP contribution >= 0.6 is 11.6 Å². The molecule has 0 aliphatic carbocycles. The maximum Gasteiger partial charge on any atom is 0.243 e. The van der Waals surface area contributed by atoms with E-state index in [2.05, 4.69) is 0 Å². The minimum Gasteiger partial charge on any atom is -0.508 e. The predicted octanol–water partition coefficient (Wildman–Crippen LogP) is 2.13. The number of aromatic hydroxyl groups is 1. The van der Waals surface area contributed by atoms with Crippen molar-refractivity contribution in [3.05, 3.63) is 23.8 Å². The number of methoxy groups -OCH3 is 1. The van der Waals surface area contributed by atoms with E-state index in [9.17, 15) is 9.90 Å². The van der Waals surface area contributed by atoms with Gasteiger partial charge in [0.1, 0.15) is 18.4 Å². The summed E-state index contributed by atoms with van der Waals surface area (Å²) in [6.07, 6.45) is 0.708. The number of hydrogen-bond acceptors (Lipinski definition) is 3. The van der Waals surface area contributed by atoms with Gasteiger partial charge in [-0.3, -0.25) is 9.69 Å². The molecule has 0 aliphatic rings. The molecule has 0 radical (unpaired) electrons. The molecule has 0 saturated carbocycles. The minimum absolute atomic E-state index is 0.104. The molecule has 0 saturated heterocycles. The molecule has 0 heterocycles. The number of nitrogens with zero attached hydrogens (tertiary/aromatic N) is 1. The van der Waals surface area contributed by atoms with Gasteiger partial charge in [0.2, 0.25) is 5.91 Å². The van der Waals surface area contributed by atoms with Crippen molar-refractivity contribution in [2.75, 3.05) is 24.6 Å². The fraction of sp³-hybridized carbons (Fsp3) is 0.417. The highest BCUT2D eigenvalue weighted by Crippen LogP contribution is 2.25. The van der Waals surface area contributed by atoms with Crippen molar-refractivity contribution in [3.63, 3.8) is 0 Å². The van der Waals surface area contributed by atoms with Crippen molar-refractivity contribution in [2.45, 2.75) is 13.3 Å². The smallest absolute Gasteiger partial charge is 0.243 e. The summed E-state index contributed by atoms with van der Waals surface area (Å²) in [6.45, 7) is 2.09. The van der Waals surface area contributed by atoms with E-state index in [0.29, 0.717) is 6.42 Å². The van der Waals surface area contributed by atoms with Crippen LogP contribution in [0.5, 0.6) is 5.75 Å². The number of carbonyl (C=O) groups is 1. The third kappa shape index (κ3) is 3.35. The van der Waals surface area contributed by atoms with Gasteiger partial charge >= 0.3 is 0 Å². The van der Waals surface area contributed by atoms with Crippen LogP contribution in [0.3, 0.4) is 0 Å². The number of rotatable bonds is 5. The standard InChI is InChI=1S/C12H16ClNO3/c1-3-9-6-10(15)4-5-11(9)14(8-17-2)12(16)7-13/h4-6,15H,3,7-8H2,1-2H3. The molecule has 94 valence electrons. The van der Waals surface area contributed by atoms with Crippen molar-refractivity contribution >= 4 is 23.2 Å². The lowest BCUT2D eigenvalue weighted by atomic mass is 10.1. The molecule has 0 unspecified atom stereocenters. The summed E-state index contributed by atoms with van der Waals surface area (Å²) in [5.41, 5.74) is 1.60. The molecule has 1 aromatic carbocycles. The molecule has 0 atom stereocenters. The van der Waals surface area contributed by atoms with Crippen LogP contribution in [0.2, 0.25) is 0 Å². The number of halogens is 1. The molecule has 0 aliphatic heterocycles. The SMILES string of the molecule is CCc1cc(O)ccc1N(COC)C(=O)CCl. The molecule has 1 amide bonds. The molecule has 0 aromatic heterocycles. The summed E-state index contributed by atoms with van der Waals surface area (Å²) in [6, 6.07) is 4.87. The van der Waals surface area contributed by atoms with Gasteiger partial charge in [-0.1, -0.05) is 6.92 Å². The van der Waals surface area contributed by atoms with Crippen molar-refractivity contribution in [2.24, 2.45) is 0 Å². The summed E-state index contributed by atoms with van der Waals surface area (Å²) >= 11 is 5.56. The fourth-order valence-electron chi connectivity index (χ4n) is 1.60. The molecule has 0 spiro atoms. The van der Waals surface area contributed by atoms with Crippen molar-refractivity contribution in [3.8, 4) is 5.75 Å². The Balaban J connectivity index is 3.12. The van der Waals surface area contributed by atoms with Crippen LogP contribution < -0.4 is 4.90 Å². The van der Waals surface area contributed by atoms with Gasteiger partial charge in [-0.2, -0.15) is 0 Å². The predicted molar refractivity (Wildman–Crippen MR) is 67.6 cm³/mol. The zero-order valence-corrected chi connectivity index (χ0v) is 10.7. The van der Waals surface area contributed by atoms with Crippen molar-refractivity contribution in [1.82, 2.24) is 0 Å². The van der Waals surface area contributed by atoms with Crippen molar-refractivity contribution < 1.29 is 14.6 Å². The Morgan fingerprint density at radius 1 is 1.53 bits per heavy atom. The monoisotopic (exact) mass is 257 g/mol. The van der Waals surface area contributed by atoms with Crippen LogP contribution in [-0.2, 0) is 16.0 Å². The molecular weight excluding hydrogens is 242 g/mol. The molecule has 1 rings (SSSR count). The maximum absolute atomic E-state index is 11.7. The van der Waals surface area contributed by atoms with E-state index in [1.165, 1.54) is 12.0 Å². The topological polar surface area (TPSA) is 49.8 Å². The Labute approximate surface area is 106 Å². The third-order valence-electron chi connectivity index (χ3n) is 2.41. The summed E-state index contributed by atoms with van der Waals surface area (Å²) < 4.78 is 5.00. The van der Waals surface area contributed by atoms with E-state index in [0.717, 1.165) is 11.3 Å². The maximum atomic E-state index is 11.7. The van der Waals surface area contributed by atoms with Crippen LogP contribution in [0.4, 0.5) is 5.69 Å². The zero-order chi connectivity index (χ0) is 12.8. The van der Waals surface area contributed by atoms with Gasteiger partial charge in [-0.25, -0.2) is 0 Å². The number of alkyl halides is 1. The van der Waals surface area contributed by atoms with Crippen LogP contribution in [-0.4, -0.2) is 30.7 Å². The van der Waals surface area contributed by atoms with Gasteiger partial charge in [0.25, 0.3) is 0 Å². The number of phenolic OH excluding ortho intramolecular Hbond substituents is 1. The number of phenols is 1. The Hall–Kier alpha value is -1.26.